The Bertz CT molecular complexity index is 407. The Morgan fingerprint density at radius 2 is 1.78 bits per heavy atom. The van der Waals surface area contributed by atoms with E-state index in [1.165, 1.54) is 32.1 Å². The zero-order valence-corrected chi connectivity index (χ0v) is 20.1. The van der Waals surface area contributed by atoms with Gasteiger partial charge in [-0.1, -0.05) is 39.0 Å². The third kappa shape index (κ3) is 9.31. The standard InChI is InChI=1S/C21H42N4O.HI/c1-4-22-21(23-13-8-14-25-15-11-20(26)12-16-25)24-18(3)17(2)19-9-6-5-7-10-19;/h17-20,26H,4-16H2,1-3H3,(H2,22,23,24);1H. The number of piperidine rings is 1. The number of likely N-dealkylation sites (tertiary alicyclic amines) is 1. The molecule has 1 heterocycles. The number of aliphatic imine (C=N–C) groups is 1. The first kappa shape index (κ1) is 25.0. The van der Waals surface area contributed by atoms with E-state index in [2.05, 4.69) is 36.3 Å². The molecule has 3 N–H and O–H groups in total. The van der Waals surface area contributed by atoms with E-state index in [1.807, 2.05) is 0 Å². The predicted molar refractivity (Wildman–Crippen MR) is 126 cm³/mol. The maximum Gasteiger partial charge on any atom is 0.191 e. The van der Waals surface area contributed by atoms with Gasteiger partial charge in [0.1, 0.15) is 0 Å². The predicted octanol–water partition coefficient (Wildman–Crippen LogP) is 3.61. The molecule has 2 fully saturated rings. The molecule has 1 saturated carbocycles. The minimum Gasteiger partial charge on any atom is -0.393 e. The molecule has 5 nitrogen and oxygen atoms in total. The first-order valence-corrected chi connectivity index (χ1v) is 11.1. The molecular formula is C21H43IN4O. The molecule has 0 amide bonds. The molecule has 0 aromatic carbocycles. The number of nitrogens with one attached hydrogen (secondary N) is 2. The van der Waals surface area contributed by atoms with Crippen molar-refractivity contribution >= 4 is 29.9 Å². The van der Waals surface area contributed by atoms with Crippen LogP contribution in [0.1, 0.15) is 72.1 Å². The van der Waals surface area contributed by atoms with Gasteiger partial charge in [0.2, 0.25) is 0 Å². The smallest absolute Gasteiger partial charge is 0.191 e. The van der Waals surface area contributed by atoms with Gasteiger partial charge < -0.3 is 20.6 Å². The normalized spacial score (nSPS) is 22.7. The second-order valence-electron chi connectivity index (χ2n) is 8.38. The number of guanidine groups is 1. The Kier molecular flexibility index (Phi) is 12.9. The first-order chi connectivity index (χ1) is 12.6. The molecule has 1 aliphatic heterocycles. The summed E-state index contributed by atoms with van der Waals surface area (Å²) < 4.78 is 0. The number of aliphatic hydroxyl groups is 1. The quantitative estimate of drug-likeness (QED) is 0.209. The number of aliphatic hydroxyl groups excluding tert-OH is 1. The van der Waals surface area contributed by atoms with Gasteiger partial charge in [-0.15, -0.1) is 24.0 Å². The molecule has 0 aromatic rings. The Morgan fingerprint density at radius 3 is 2.41 bits per heavy atom. The summed E-state index contributed by atoms with van der Waals surface area (Å²) in [7, 11) is 0. The SMILES string of the molecule is CCNC(=NCCCN1CCC(O)CC1)NC(C)C(C)C1CCCCC1.I. The topological polar surface area (TPSA) is 59.9 Å². The van der Waals surface area contributed by atoms with Gasteiger partial charge in [-0.3, -0.25) is 4.99 Å². The maximum atomic E-state index is 9.59. The molecule has 27 heavy (non-hydrogen) atoms. The molecule has 2 rings (SSSR count). The summed E-state index contributed by atoms with van der Waals surface area (Å²) in [6.45, 7) is 11.7. The van der Waals surface area contributed by atoms with Crippen molar-refractivity contribution in [3.8, 4) is 0 Å². The van der Waals surface area contributed by atoms with Gasteiger partial charge in [0.25, 0.3) is 0 Å². The van der Waals surface area contributed by atoms with Crippen molar-refractivity contribution in [2.24, 2.45) is 16.8 Å². The van der Waals surface area contributed by atoms with Gasteiger partial charge in [0.05, 0.1) is 6.10 Å². The molecule has 2 unspecified atom stereocenters. The van der Waals surface area contributed by atoms with E-state index in [4.69, 9.17) is 4.99 Å². The summed E-state index contributed by atoms with van der Waals surface area (Å²) in [6.07, 6.45) is 9.86. The summed E-state index contributed by atoms with van der Waals surface area (Å²) >= 11 is 0. The fraction of sp³-hybridized carbons (Fsp3) is 0.952. The summed E-state index contributed by atoms with van der Waals surface area (Å²) in [4.78, 5) is 7.25. The summed E-state index contributed by atoms with van der Waals surface area (Å²) in [5.74, 6) is 2.53. The van der Waals surface area contributed by atoms with E-state index in [9.17, 15) is 5.11 Å². The zero-order chi connectivity index (χ0) is 18.8. The zero-order valence-electron chi connectivity index (χ0n) is 17.8. The highest BCUT2D eigenvalue weighted by atomic mass is 127. The lowest BCUT2D eigenvalue weighted by Crippen LogP contribution is -2.46. The molecule has 2 atom stereocenters. The minimum absolute atomic E-state index is 0. The molecule has 6 heteroatoms. The van der Waals surface area contributed by atoms with Crippen molar-refractivity contribution in [2.75, 3.05) is 32.7 Å². The lowest BCUT2D eigenvalue weighted by atomic mass is 9.78. The number of hydrogen-bond donors (Lipinski definition) is 3. The van der Waals surface area contributed by atoms with Crippen LogP contribution in [0.25, 0.3) is 0 Å². The van der Waals surface area contributed by atoms with Crippen LogP contribution < -0.4 is 10.6 Å². The van der Waals surface area contributed by atoms with Crippen LogP contribution in [0.5, 0.6) is 0 Å². The van der Waals surface area contributed by atoms with Crippen LogP contribution in [-0.4, -0.2) is 60.8 Å². The van der Waals surface area contributed by atoms with E-state index in [-0.39, 0.29) is 30.1 Å². The molecule has 2 aliphatic rings. The van der Waals surface area contributed by atoms with Crippen molar-refractivity contribution < 1.29 is 5.11 Å². The fourth-order valence-corrected chi connectivity index (χ4v) is 4.36. The number of hydrogen-bond acceptors (Lipinski definition) is 3. The van der Waals surface area contributed by atoms with Crippen molar-refractivity contribution in [1.29, 1.82) is 0 Å². The van der Waals surface area contributed by atoms with E-state index in [0.29, 0.717) is 12.0 Å². The number of halogens is 1. The lowest BCUT2D eigenvalue weighted by Gasteiger charge is -2.33. The molecule has 1 saturated heterocycles. The van der Waals surface area contributed by atoms with E-state index < -0.39 is 0 Å². The summed E-state index contributed by atoms with van der Waals surface area (Å²) in [5, 5.41) is 16.6. The minimum atomic E-state index is -0.0820. The molecular weight excluding hydrogens is 451 g/mol. The average molecular weight is 495 g/mol. The van der Waals surface area contributed by atoms with Crippen molar-refractivity contribution in [2.45, 2.75) is 84.3 Å². The first-order valence-electron chi connectivity index (χ1n) is 11.1. The van der Waals surface area contributed by atoms with Crippen LogP contribution in [0, 0.1) is 11.8 Å². The second kappa shape index (κ2) is 14.0. The van der Waals surface area contributed by atoms with Crippen molar-refractivity contribution in [3.05, 3.63) is 0 Å². The van der Waals surface area contributed by atoms with Crippen LogP contribution in [0.3, 0.4) is 0 Å². The Labute approximate surface area is 184 Å². The monoisotopic (exact) mass is 494 g/mol. The van der Waals surface area contributed by atoms with Crippen LogP contribution >= 0.6 is 24.0 Å². The van der Waals surface area contributed by atoms with Gasteiger partial charge >= 0.3 is 0 Å². The third-order valence-corrected chi connectivity index (χ3v) is 6.35. The molecule has 0 radical (unpaired) electrons. The Morgan fingerprint density at radius 1 is 1.11 bits per heavy atom. The highest BCUT2D eigenvalue weighted by Gasteiger charge is 2.25. The molecule has 1 aliphatic carbocycles. The van der Waals surface area contributed by atoms with Crippen molar-refractivity contribution in [1.82, 2.24) is 15.5 Å². The van der Waals surface area contributed by atoms with Gasteiger partial charge in [0, 0.05) is 32.2 Å². The van der Waals surface area contributed by atoms with Gasteiger partial charge in [-0.25, -0.2) is 0 Å². The molecule has 160 valence electrons. The van der Waals surface area contributed by atoms with E-state index >= 15 is 0 Å². The number of nitrogens with zero attached hydrogens (tertiary/aromatic N) is 2. The average Bonchev–Trinajstić information content (AvgIpc) is 2.66. The van der Waals surface area contributed by atoms with E-state index in [0.717, 1.165) is 63.9 Å². The highest BCUT2D eigenvalue weighted by Crippen LogP contribution is 2.31. The van der Waals surface area contributed by atoms with Gasteiger partial charge in [-0.2, -0.15) is 0 Å². The largest absolute Gasteiger partial charge is 0.393 e. The second-order valence-corrected chi connectivity index (χ2v) is 8.38. The summed E-state index contributed by atoms with van der Waals surface area (Å²) in [5.41, 5.74) is 0. The third-order valence-electron chi connectivity index (χ3n) is 6.35. The van der Waals surface area contributed by atoms with Crippen molar-refractivity contribution in [3.63, 3.8) is 0 Å². The Hall–Kier alpha value is -0.0800. The van der Waals surface area contributed by atoms with E-state index in [1.54, 1.807) is 0 Å². The maximum absolute atomic E-state index is 9.59. The van der Waals surface area contributed by atoms with Crippen LogP contribution in [0.15, 0.2) is 4.99 Å². The van der Waals surface area contributed by atoms with Crippen LogP contribution in [0.2, 0.25) is 0 Å². The lowest BCUT2D eigenvalue weighted by molar-refractivity contribution is 0.0824. The van der Waals surface area contributed by atoms with Crippen LogP contribution in [0.4, 0.5) is 0 Å². The summed E-state index contributed by atoms with van der Waals surface area (Å²) in [6, 6.07) is 0.458. The fourth-order valence-electron chi connectivity index (χ4n) is 4.36. The Balaban J connectivity index is 0.00000364. The van der Waals surface area contributed by atoms with Gasteiger partial charge in [-0.05, 0) is 51.5 Å². The molecule has 0 spiro atoms. The number of rotatable bonds is 8. The molecule has 0 aromatic heterocycles. The molecule has 0 bridgehead atoms. The highest BCUT2D eigenvalue weighted by molar-refractivity contribution is 14.0. The van der Waals surface area contributed by atoms with Crippen LogP contribution in [-0.2, 0) is 0 Å². The van der Waals surface area contributed by atoms with Gasteiger partial charge in [0.15, 0.2) is 5.96 Å².